The van der Waals surface area contributed by atoms with E-state index in [1.165, 1.54) is 0 Å². The van der Waals surface area contributed by atoms with Gasteiger partial charge in [0.2, 0.25) is 0 Å². The van der Waals surface area contributed by atoms with Gasteiger partial charge in [-0.3, -0.25) is 0 Å². The van der Waals surface area contributed by atoms with Gasteiger partial charge < -0.3 is 15.5 Å². The van der Waals surface area contributed by atoms with Crippen LogP contribution in [0.15, 0.2) is 52.5 Å². The fourth-order valence-electron chi connectivity index (χ4n) is 2.32. The zero-order valence-corrected chi connectivity index (χ0v) is 12.8. The minimum atomic E-state index is -0.104. The second kappa shape index (κ2) is 5.79. The largest absolute Gasteiger partial charge is 0.496 e. The second-order valence-corrected chi connectivity index (χ2v) is 5.85. The van der Waals surface area contributed by atoms with E-state index in [0.717, 1.165) is 32.4 Å². The van der Waals surface area contributed by atoms with Gasteiger partial charge in [-0.25, -0.2) is 4.98 Å². The molecule has 0 spiro atoms. The SMILES string of the molecule is COc1cccc(Sc2nc3ccccc3[nH]2)c1C(C)N. The van der Waals surface area contributed by atoms with Gasteiger partial charge in [-0.2, -0.15) is 0 Å². The van der Waals surface area contributed by atoms with Crippen LogP contribution in [-0.4, -0.2) is 17.1 Å². The van der Waals surface area contributed by atoms with Crippen LogP contribution in [0.1, 0.15) is 18.5 Å². The lowest BCUT2D eigenvalue weighted by molar-refractivity contribution is 0.405. The number of aromatic amines is 1. The minimum Gasteiger partial charge on any atom is -0.496 e. The van der Waals surface area contributed by atoms with Crippen LogP contribution >= 0.6 is 11.8 Å². The first kappa shape index (κ1) is 14.0. The van der Waals surface area contributed by atoms with Crippen LogP contribution in [0.5, 0.6) is 5.75 Å². The van der Waals surface area contributed by atoms with Crippen molar-refractivity contribution in [3.63, 3.8) is 0 Å². The third-order valence-electron chi connectivity index (χ3n) is 3.28. The zero-order chi connectivity index (χ0) is 14.8. The first-order valence-electron chi connectivity index (χ1n) is 6.74. The van der Waals surface area contributed by atoms with Gasteiger partial charge in [-0.15, -0.1) is 0 Å². The molecule has 1 atom stereocenters. The van der Waals surface area contributed by atoms with E-state index in [2.05, 4.69) is 9.97 Å². The van der Waals surface area contributed by atoms with E-state index in [-0.39, 0.29) is 6.04 Å². The number of fused-ring (bicyclic) bond motifs is 1. The molecule has 0 bridgehead atoms. The molecule has 0 radical (unpaired) electrons. The molecule has 1 heterocycles. The van der Waals surface area contributed by atoms with Crippen LogP contribution in [0, 0.1) is 0 Å². The predicted molar refractivity (Wildman–Crippen MR) is 85.8 cm³/mol. The Hall–Kier alpha value is -1.98. The third kappa shape index (κ3) is 2.75. The molecule has 3 rings (SSSR count). The summed E-state index contributed by atoms with van der Waals surface area (Å²) in [4.78, 5) is 8.97. The van der Waals surface area contributed by atoms with Crippen LogP contribution < -0.4 is 10.5 Å². The van der Waals surface area contributed by atoms with Crippen molar-refractivity contribution in [3.8, 4) is 5.75 Å². The molecular weight excluding hydrogens is 282 g/mol. The van der Waals surface area contributed by atoms with Crippen molar-refractivity contribution in [2.45, 2.75) is 23.0 Å². The molecule has 3 aromatic rings. The number of benzene rings is 2. The Bertz CT molecular complexity index is 734. The summed E-state index contributed by atoms with van der Waals surface area (Å²) in [5, 5.41) is 0.853. The average molecular weight is 299 g/mol. The van der Waals surface area contributed by atoms with Crippen molar-refractivity contribution < 1.29 is 4.74 Å². The molecule has 4 nitrogen and oxygen atoms in total. The van der Waals surface area contributed by atoms with Gasteiger partial charge in [-0.05, 0) is 31.2 Å². The number of hydrogen-bond acceptors (Lipinski definition) is 4. The van der Waals surface area contributed by atoms with Crippen LogP contribution in [0.2, 0.25) is 0 Å². The van der Waals surface area contributed by atoms with E-state index in [1.54, 1.807) is 18.9 Å². The van der Waals surface area contributed by atoms with Crippen molar-refractivity contribution in [1.29, 1.82) is 0 Å². The van der Waals surface area contributed by atoms with Crippen LogP contribution in [0.25, 0.3) is 11.0 Å². The Morgan fingerprint density at radius 3 is 2.71 bits per heavy atom. The number of methoxy groups -OCH3 is 1. The lowest BCUT2D eigenvalue weighted by Gasteiger charge is -2.15. The van der Waals surface area contributed by atoms with E-state index < -0.39 is 0 Å². The Morgan fingerprint density at radius 2 is 2.00 bits per heavy atom. The highest BCUT2D eigenvalue weighted by Gasteiger charge is 2.15. The minimum absolute atomic E-state index is 0.104. The fraction of sp³-hybridized carbons (Fsp3) is 0.188. The molecule has 0 fully saturated rings. The molecular formula is C16H17N3OS. The van der Waals surface area contributed by atoms with Crippen molar-refractivity contribution >= 4 is 22.8 Å². The number of aromatic nitrogens is 2. The summed E-state index contributed by atoms with van der Waals surface area (Å²) in [6.07, 6.45) is 0. The molecule has 1 unspecified atom stereocenters. The summed E-state index contributed by atoms with van der Waals surface area (Å²) in [5.74, 6) is 0.811. The molecule has 1 aromatic heterocycles. The molecule has 0 aliphatic rings. The van der Waals surface area contributed by atoms with Gasteiger partial charge in [0, 0.05) is 16.5 Å². The lowest BCUT2D eigenvalue weighted by Crippen LogP contribution is -2.08. The number of ether oxygens (including phenoxy) is 1. The second-order valence-electron chi connectivity index (χ2n) is 4.82. The number of nitrogens with one attached hydrogen (secondary N) is 1. The monoisotopic (exact) mass is 299 g/mol. The number of para-hydroxylation sites is 2. The van der Waals surface area contributed by atoms with Crippen molar-refractivity contribution in [3.05, 3.63) is 48.0 Å². The molecule has 5 heteroatoms. The maximum atomic E-state index is 6.10. The van der Waals surface area contributed by atoms with Gasteiger partial charge in [0.15, 0.2) is 5.16 Å². The summed E-state index contributed by atoms with van der Waals surface area (Å²) in [5.41, 5.74) is 9.10. The smallest absolute Gasteiger partial charge is 0.171 e. The molecule has 3 N–H and O–H groups in total. The molecule has 0 saturated heterocycles. The first-order chi connectivity index (χ1) is 10.2. The maximum absolute atomic E-state index is 6.10. The number of nitrogens with zero attached hydrogens (tertiary/aromatic N) is 1. The number of H-pyrrole nitrogens is 1. The number of rotatable bonds is 4. The Morgan fingerprint density at radius 1 is 1.19 bits per heavy atom. The molecule has 0 aliphatic heterocycles. The molecule has 21 heavy (non-hydrogen) atoms. The highest BCUT2D eigenvalue weighted by Crippen LogP contribution is 2.37. The highest BCUT2D eigenvalue weighted by molar-refractivity contribution is 7.99. The van der Waals surface area contributed by atoms with Crippen molar-refractivity contribution in [2.24, 2.45) is 5.73 Å². The Balaban J connectivity index is 2.01. The lowest BCUT2D eigenvalue weighted by atomic mass is 10.1. The standard InChI is InChI=1S/C16H17N3OS/c1-10(17)15-13(20-2)8-5-9-14(15)21-16-18-11-6-3-4-7-12(11)19-16/h3-10H,17H2,1-2H3,(H,18,19). The number of imidazole rings is 1. The van der Waals surface area contributed by atoms with Gasteiger partial charge in [0.1, 0.15) is 5.75 Å². The topological polar surface area (TPSA) is 63.9 Å². The Kier molecular flexibility index (Phi) is 3.86. The van der Waals surface area contributed by atoms with Crippen molar-refractivity contribution in [2.75, 3.05) is 7.11 Å². The Labute approximate surface area is 127 Å². The summed E-state index contributed by atoms with van der Waals surface area (Å²) >= 11 is 1.57. The third-order valence-corrected chi connectivity index (χ3v) is 4.24. The summed E-state index contributed by atoms with van der Waals surface area (Å²) < 4.78 is 5.42. The molecule has 2 aromatic carbocycles. The van der Waals surface area contributed by atoms with Crippen LogP contribution in [0.4, 0.5) is 0 Å². The van der Waals surface area contributed by atoms with Crippen LogP contribution in [0.3, 0.4) is 0 Å². The maximum Gasteiger partial charge on any atom is 0.171 e. The first-order valence-corrected chi connectivity index (χ1v) is 7.56. The normalized spacial score (nSPS) is 12.5. The van der Waals surface area contributed by atoms with E-state index in [9.17, 15) is 0 Å². The van der Waals surface area contributed by atoms with Gasteiger partial charge in [0.05, 0.1) is 18.1 Å². The van der Waals surface area contributed by atoms with Crippen molar-refractivity contribution in [1.82, 2.24) is 9.97 Å². The number of hydrogen-bond donors (Lipinski definition) is 2. The van der Waals surface area contributed by atoms with Gasteiger partial charge in [0.25, 0.3) is 0 Å². The molecule has 108 valence electrons. The summed E-state index contributed by atoms with van der Waals surface area (Å²) in [6, 6.07) is 13.8. The van der Waals surface area contributed by atoms with E-state index in [0.29, 0.717) is 0 Å². The van der Waals surface area contributed by atoms with E-state index in [1.807, 2.05) is 49.4 Å². The fourth-order valence-corrected chi connectivity index (χ4v) is 3.38. The summed E-state index contributed by atoms with van der Waals surface area (Å²) in [7, 11) is 1.66. The number of nitrogens with two attached hydrogens (primary N) is 1. The predicted octanol–water partition coefficient (Wildman–Crippen LogP) is 3.74. The molecule has 0 aliphatic carbocycles. The zero-order valence-electron chi connectivity index (χ0n) is 12.0. The van der Waals surface area contributed by atoms with Gasteiger partial charge >= 0.3 is 0 Å². The average Bonchev–Trinajstić information content (AvgIpc) is 2.88. The van der Waals surface area contributed by atoms with Gasteiger partial charge in [-0.1, -0.05) is 30.0 Å². The van der Waals surface area contributed by atoms with Crippen LogP contribution in [-0.2, 0) is 0 Å². The van der Waals surface area contributed by atoms with E-state index >= 15 is 0 Å². The molecule has 0 saturated carbocycles. The van der Waals surface area contributed by atoms with E-state index in [4.69, 9.17) is 10.5 Å². The molecule has 0 amide bonds. The quantitative estimate of drug-likeness (QED) is 0.770. The summed E-state index contributed by atoms with van der Waals surface area (Å²) in [6.45, 7) is 1.96. The highest BCUT2D eigenvalue weighted by atomic mass is 32.2.